The second kappa shape index (κ2) is 5.97. The van der Waals surface area contributed by atoms with Gasteiger partial charge in [0.1, 0.15) is 0 Å². The first kappa shape index (κ1) is 13.7. The minimum atomic E-state index is 0.103. The van der Waals surface area contributed by atoms with E-state index >= 15 is 0 Å². The van der Waals surface area contributed by atoms with Crippen LogP contribution in [0.5, 0.6) is 0 Å². The molecule has 0 amide bonds. The van der Waals surface area contributed by atoms with Crippen molar-refractivity contribution in [1.29, 1.82) is 0 Å². The van der Waals surface area contributed by atoms with E-state index in [-0.39, 0.29) is 6.04 Å². The summed E-state index contributed by atoms with van der Waals surface area (Å²) in [5.74, 6) is 1.39. The Kier molecular flexibility index (Phi) is 4.32. The molecule has 1 heterocycles. The standard InChI is InChI=1S/C15H21N3O/c1-5-16-12(4)15-17-14(18-19-15)9-13-7-6-10(2)11(3)8-13/h6-8,12,16H,5,9H2,1-4H3. The van der Waals surface area contributed by atoms with Crippen LogP contribution in [0.15, 0.2) is 22.7 Å². The fourth-order valence-corrected chi connectivity index (χ4v) is 2.00. The summed E-state index contributed by atoms with van der Waals surface area (Å²) in [6.07, 6.45) is 0.712. The SMILES string of the molecule is CCNC(C)c1nc(Cc2ccc(C)c(C)c2)no1. The highest BCUT2D eigenvalue weighted by Crippen LogP contribution is 2.14. The minimum absolute atomic E-state index is 0.103. The largest absolute Gasteiger partial charge is 0.338 e. The van der Waals surface area contributed by atoms with Gasteiger partial charge in [-0.2, -0.15) is 4.98 Å². The molecule has 0 bridgehead atoms. The zero-order valence-corrected chi connectivity index (χ0v) is 12.0. The number of hydrogen-bond donors (Lipinski definition) is 1. The van der Waals surface area contributed by atoms with E-state index in [2.05, 4.69) is 54.4 Å². The van der Waals surface area contributed by atoms with Crippen molar-refractivity contribution in [3.05, 3.63) is 46.6 Å². The molecule has 0 aliphatic heterocycles. The van der Waals surface area contributed by atoms with Crippen LogP contribution in [0.25, 0.3) is 0 Å². The van der Waals surface area contributed by atoms with Gasteiger partial charge in [0, 0.05) is 6.42 Å². The summed E-state index contributed by atoms with van der Waals surface area (Å²) >= 11 is 0. The van der Waals surface area contributed by atoms with Gasteiger partial charge in [-0.15, -0.1) is 0 Å². The first-order chi connectivity index (χ1) is 9.10. The van der Waals surface area contributed by atoms with Crippen LogP contribution in [0.2, 0.25) is 0 Å². The van der Waals surface area contributed by atoms with Crippen LogP contribution >= 0.6 is 0 Å². The topological polar surface area (TPSA) is 51.0 Å². The van der Waals surface area contributed by atoms with E-state index in [9.17, 15) is 0 Å². The van der Waals surface area contributed by atoms with Gasteiger partial charge in [0.2, 0.25) is 5.89 Å². The van der Waals surface area contributed by atoms with Crippen molar-refractivity contribution >= 4 is 0 Å². The fraction of sp³-hybridized carbons (Fsp3) is 0.467. The molecule has 0 aliphatic carbocycles. The molecule has 1 unspecified atom stereocenters. The number of aromatic nitrogens is 2. The molecule has 0 saturated heterocycles. The van der Waals surface area contributed by atoms with Crippen molar-refractivity contribution in [1.82, 2.24) is 15.5 Å². The molecule has 0 spiro atoms. The highest BCUT2D eigenvalue weighted by atomic mass is 16.5. The molecule has 19 heavy (non-hydrogen) atoms. The number of aryl methyl sites for hydroxylation is 2. The van der Waals surface area contributed by atoms with Gasteiger partial charge in [-0.25, -0.2) is 0 Å². The monoisotopic (exact) mass is 259 g/mol. The van der Waals surface area contributed by atoms with Crippen LogP contribution in [0.1, 0.15) is 48.3 Å². The summed E-state index contributed by atoms with van der Waals surface area (Å²) in [5.41, 5.74) is 3.81. The number of rotatable bonds is 5. The van der Waals surface area contributed by atoms with Gasteiger partial charge < -0.3 is 9.84 Å². The molecule has 0 radical (unpaired) electrons. The number of nitrogens with zero attached hydrogens (tertiary/aromatic N) is 2. The lowest BCUT2D eigenvalue weighted by molar-refractivity contribution is 0.339. The molecule has 1 aromatic carbocycles. The molecular weight excluding hydrogens is 238 g/mol. The summed E-state index contributed by atoms with van der Waals surface area (Å²) < 4.78 is 5.28. The number of benzene rings is 1. The van der Waals surface area contributed by atoms with Crippen LogP contribution in [-0.4, -0.2) is 16.7 Å². The van der Waals surface area contributed by atoms with E-state index < -0.39 is 0 Å². The normalized spacial score (nSPS) is 12.6. The van der Waals surface area contributed by atoms with Crippen LogP contribution in [0, 0.1) is 13.8 Å². The van der Waals surface area contributed by atoms with Crippen molar-refractivity contribution < 1.29 is 4.52 Å². The van der Waals surface area contributed by atoms with Crippen molar-refractivity contribution in [3.8, 4) is 0 Å². The second-order valence-corrected chi connectivity index (χ2v) is 4.92. The van der Waals surface area contributed by atoms with E-state index in [1.165, 1.54) is 16.7 Å². The highest BCUT2D eigenvalue weighted by Gasteiger charge is 2.13. The fourth-order valence-electron chi connectivity index (χ4n) is 2.00. The van der Waals surface area contributed by atoms with Crippen molar-refractivity contribution in [2.24, 2.45) is 0 Å². The van der Waals surface area contributed by atoms with Gasteiger partial charge in [-0.3, -0.25) is 0 Å². The molecule has 1 atom stereocenters. The van der Waals surface area contributed by atoms with E-state index in [0.29, 0.717) is 12.3 Å². The van der Waals surface area contributed by atoms with Crippen LogP contribution < -0.4 is 5.32 Å². The molecular formula is C15H21N3O. The van der Waals surface area contributed by atoms with Gasteiger partial charge in [0.25, 0.3) is 0 Å². The lowest BCUT2D eigenvalue weighted by Crippen LogP contribution is -2.17. The molecule has 2 aromatic rings. The van der Waals surface area contributed by atoms with Crippen molar-refractivity contribution in [2.45, 2.75) is 40.2 Å². The highest BCUT2D eigenvalue weighted by molar-refractivity contribution is 5.31. The maximum absolute atomic E-state index is 5.28. The third-order valence-corrected chi connectivity index (χ3v) is 3.30. The molecule has 0 fully saturated rings. The van der Waals surface area contributed by atoms with Gasteiger partial charge in [-0.1, -0.05) is 30.3 Å². The maximum atomic E-state index is 5.28. The Labute approximate surface area is 114 Å². The first-order valence-corrected chi connectivity index (χ1v) is 6.72. The minimum Gasteiger partial charge on any atom is -0.338 e. The van der Waals surface area contributed by atoms with Crippen molar-refractivity contribution in [3.63, 3.8) is 0 Å². The van der Waals surface area contributed by atoms with Crippen LogP contribution in [-0.2, 0) is 6.42 Å². The predicted molar refractivity (Wildman–Crippen MR) is 75.1 cm³/mol. The zero-order chi connectivity index (χ0) is 13.8. The molecule has 2 rings (SSSR count). The van der Waals surface area contributed by atoms with Crippen molar-refractivity contribution in [2.75, 3.05) is 6.54 Å². The third kappa shape index (κ3) is 3.41. The average molecular weight is 259 g/mol. The van der Waals surface area contributed by atoms with E-state index in [1.807, 2.05) is 6.92 Å². The first-order valence-electron chi connectivity index (χ1n) is 6.72. The smallest absolute Gasteiger partial charge is 0.243 e. The van der Waals surface area contributed by atoms with Gasteiger partial charge in [0.05, 0.1) is 6.04 Å². The molecule has 4 nitrogen and oxygen atoms in total. The van der Waals surface area contributed by atoms with Crippen LogP contribution in [0.4, 0.5) is 0 Å². The summed E-state index contributed by atoms with van der Waals surface area (Å²) in [7, 11) is 0. The molecule has 1 N–H and O–H groups in total. The quantitative estimate of drug-likeness (QED) is 0.897. The maximum Gasteiger partial charge on any atom is 0.243 e. The lowest BCUT2D eigenvalue weighted by atomic mass is 10.0. The zero-order valence-electron chi connectivity index (χ0n) is 12.0. The van der Waals surface area contributed by atoms with E-state index in [4.69, 9.17) is 4.52 Å². The Balaban J connectivity index is 2.09. The Morgan fingerprint density at radius 2 is 2.05 bits per heavy atom. The Morgan fingerprint density at radius 1 is 1.26 bits per heavy atom. The Bertz CT molecular complexity index is 548. The molecule has 0 aliphatic rings. The summed E-state index contributed by atoms with van der Waals surface area (Å²) in [4.78, 5) is 4.44. The summed E-state index contributed by atoms with van der Waals surface area (Å²) in [5, 5.41) is 7.30. The number of nitrogens with one attached hydrogen (secondary N) is 1. The molecule has 102 valence electrons. The molecule has 1 aromatic heterocycles. The average Bonchev–Trinajstić information content (AvgIpc) is 2.83. The Hall–Kier alpha value is -1.68. The molecule has 4 heteroatoms. The second-order valence-electron chi connectivity index (χ2n) is 4.92. The van der Waals surface area contributed by atoms with E-state index in [1.54, 1.807) is 0 Å². The third-order valence-electron chi connectivity index (χ3n) is 3.30. The summed E-state index contributed by atoms with van der Waals surface area (Å²) in [6, 6.07) is 6.53. The predicted octanol–water partition coefficient (Wildman–Crippen LogP) is 2.95. The lowest BCUT2D eigenvalue weighted by Gasteiger charge is -2.05. The van der Waals surface area contributed by atoms with E-state index in [0.717, 1.165) is 12.4 Å². The number of hydrogen-bond acceptors (Lipinski definition) is 4. The van der Waals surface area contributed by atoms with Gasteiger partial charge >= 0.3 is 0 Å². The van der Waals surface area contributed by atoms with Gasteiger partial charge in [-0.05, 0) is 44.0 Å². The van der Waals surface area contributed by atoms with Gasteiger partial charge in [0.15, 0.2) is 5.82 Å². The molecule has 0 saturated carbocycles. The summed E-state index contributed by atoms with van der Waals surface area (Å²) in [6.45, 7) is 9.20. The van der Waals surface area contributed by atoms with Crippen LogP contribution in [0.3, 0.4) is 0 Å². The Morgan fingerprint density at radius 3 is 2.74 bits per heavy atom.